The number of ether oxygens (including phenoxy) is 1. The van der Waals surface area contributed by atoms with Crippen molar-refractivity contribution in [3.63, 3.8) is 0 Å². The van der Waals surface area contributed by atoms with Crippen LogP contribution >= 0.6 is 0 Å². The number of esters is 1. The fourth-order valence-electron chi connectivity index (χ4n) is 6.47. The lowest BCUT2D eigenvalue weighted by molar-refractivity contribution is -0.154. The molecule has 10 heteroatoms. The summed E-state index contributed by atoms with van der Waals surface area (Å²) in [5, 5.41) is 3.29. The van der Waals surface area contributed by atoms with Gasteiger partial charge in [0.2, 0.25) is 21.8 Å². The van der Waals surface area contributed by atoms with Gasteiger partial charge in [-0.2, -0.15) is 4.31 Å². The number of carbonyl (C=O) groups is 3. The summed E-state index contributed by atoms with van der Waals surface area (Å²) in [6.45, 7) is 6.06. The van der Waals surface area contributed by atoms with Crippen molar-refractivity contribution in [2.24, 2.45) is 11.8 Å². The van der Waals surface area contributed by atoms with Crippen LogP contribution in [0.4, 0.5) is 0 Å². The molecule has 0 spiro atoms. The Bertz CT molecular complexity index is 1640. The molecule has 2 aliphatic rings. The molecule has 0 saturated carbocycles. The molecule has 3 aromatic rings. The molecule has 5 rings (SSSR count). The van der Waals surface area contributed by atoms with Crippen LogP contribution in [0.25, 0.3) is 0 Å². The number of imide groups is 1. The van der Waals surface area contributed by atoms with Crippen LogP contribution in [0.1, 0.15) is 37.5 Å². The van der Waals surface area contributed by atoms with Crippen LogP contribution in [0, 0.1) is 11.8 Å². The van der Waals surface area contributed by atoms with E-state index in [4.69, 9.17) is 4.74 Å². The molecule has 0 radical (unpaired) electrons. The molecule has 1 N–H and O–H groups in total. The van der Waals surface area contributed by atoms with Crippen molar-refractivity contribution in [1.82, 2.24) is 14.5 Å². The molecule has 2 saturated heterocycles. The van der Waals surface area contributed by atoms with Gasteiger partial charge in [-0.15, -0.1) is 0 Å². The minimum atomic E-state index is -3.97. The number of rotatable bonds is 9. The highest BCUT2D eigenvalue weighted by molar-refractivity contribution is 7.89. The Labute approximate surface area is 259 Å². The summed E-state index contributed by atoms with van der Waals surface area (Å²) in [6, 6.07) is 24.3. The number of hydrogen-bond acceptors (Lipinski definition) is 7. The van der Waals surface area contributed by atoms with Crippen LogP contribution < -0.4 is 5.32 Å². The molecule has 9 nitrogen and oxygen atoms in total. The third-order valence-corrected chi connectivity index (χ3v) is 10.6. The van der Waals surface area contributed by atoms with Crippen molar-refractivity contribution in [3.8, 4) is 0 Å². The maximum Gasteiger partial charge on any atom is 0.327 e. The molecule has 2 fully saturated rings. The van der Waals surface area contributed by atoms with Crippen molar-refractivity contribution >= 4 is 27.8 Å². The van der Waals surface area contributed by atoms with Gasteiger partial charge in [-0.05, 0) is 34.2 Å². The molecule has 2 heterocycles. The summed E-state index contributed by atoms with van der Waals surface area (Å²) in [7, 11) is -1.27. The molecular formula is C34H39N3O6S. The van der Waals surface area contributed by atoms with Crippen LogP contribution in [0.5, 0.6) is 0 Å². The first-order chi connectivity index (χ1) is 20.8. The van der Waals surface area contributed by atoms with Gasteiger partial charge < -0.3 is 4.74 Å². The predicted molar refractivity (Wildman–Crippen MR) is 166 cm³/mol. The lowest BCUT2D eigenvalue weighted by atomic mass is 9.76. The highest BCUT2D eigenvalue weighted by atomic mass is 32.2. The van der Waals surface area contributed by atoms with Crippen LogP contribution in [0.15, 0.2) is 89.8 Å². The van der Waals surface area contributed by atoms with E-state index in [-0.39, 0.29) is 29.8 Å². The monoisotopic (exact) mass is 617 g/mol. The Kier molecular flexibility index (Phi) is 8.54. The van der Waals surface area contributed by atoms with E-state index in [0.717, 1.165) is 16.7 Å². The molecule has 2 amide bonds. The van der Waals surface area contributed by atoms with E-state index in [0.29, 0.717) is 0 Å². The number of amides is 2. The number of nitrogens with zero attached hydrogens (tertiary/aromatic N) is 2. The maximum absolute atomic E-state index is 14.1. The fraction of sp³-hybridized carbons (Fsp3) is 0.382. The topological polar surface area (TPSA) is 113 Å². The molecule has 232 valence electrons. The summed E-state index contributed by atoms with van der Waals surface area (Å²) >= 11 is 0. The Morgan fingerprint density at radius 1 is 0.909 bits per heavy atom. The van der Waals surface area contributed by atoms with Gasteiger partial charge in [0.05, 0.1) is 30.4 Å². The van der Waals surface area contributed by atoms with E-state index >= 15 is 0 Å². The quantitative estimate of drug-likeness (QED) is 0.289. The highest BCUT2D eigenvalue weighted by Crippen LogP contribution is 2.46. The molecule has 0 aliphatic carbocycles. The van der Waals surface area contributed by atoms with E-state index in [2.05, 4.69) is 26.1 Å². The average molecular weight is 618 g/mol. The molecular weight excluding hydrogens is 578 g/mol. The second-order valence-electron chi connectivity index (χ2n) is 12.7. The normalized spacial score (nSPS) is 23.7. The number of hydrogen-bond donors (Lipinski definition) is 1. The van der Waals surface area contributed by atoms with Crippen molar-refractivity contribution in [3.05, 3.63) is 102 Å². The van der Waals surface area contributed by atoms with Gasteiger partial charge in [-0.3, -0.25) is 24.6 Å². The Hall–Kier alpha value is -3.86. The lowest BCUT2D eigenvalue weighted by Crippen LogP contribution is -2.59. The number of likely N-dealkylation sites (tertiary alicyclic amines) is 1. The smallest absolute Gasteiger partial charge is 0.327 e. The SMILES string of the molecule is COC(=O)[C@]1(Cc2ccccc2)N[C@H](CN(C)S(=O)(=O)c2ccc(C(C)(C)C)cc2)[C@@H]2C(=O)N(Cc3ccccc3)C(=O)[C@@H]21. The zero-order valence-electron chi connectivity index (χ0n) is 25.7. The second-order valence-corrected chi connectivity index (χ2v) is 14.7. The molecule has 2 aliphatic heterocycles. The van der Waals surface area contributed by atoms with Gasteiger partial charge in [-0.25, -0.2) is 8.42 Å². The number of nitrogens with one attached hydrogen (secondary N) is 1. The molecule has 0 bridgehead atoms. The first-order valence-corrected chi connectivity index (χ1v) is 16.1. The third kappa shape index (κ3) is 5.69. The minimum Gasteiger partial charge on any atom is -0.468 e. The zero-order valence-corrected chi connectivity index (χ0v) is 26.5. The van der Waals surface area contributed by atoms with Gasteiger partial charge >= 0.3 is 5.97 Å². The van der Waals surface area contributed by atoms with E-state index in [9.17, 15) is 22.8 Å². The van der Waals surface area contributed by atoms with Crippen LogP contribution in [-0.2, 0) is 47.5 Å². The predicted octanol–water partition coefficient (Wildman–Crippen LogP) is 3.53. The van der Waals surface area contributed by atoms with Gasteiger partial charge in [0.1, 0.15) is 5.54 Å². The summed E-state index contributed by atoms with van der Waals surface area (Å²) in [6.07, 6.45) is 0.0844. The number of sulfonamides is 1. The van der Waals surface area contributed by atoms with E-state index in [1.807, 2.05) is 60.7 Å². The summed E-state index contributed by atoms with van der Waals surface area (Å²) in [5.74, 6) is -3.66. The highest BCUT2D eigenvalue weighted by Gasteiger charge is 2.68. The van der Waals surface area contributed by atoms with Crippen molar-refractivity contribution in [2.45, 2.75) is 55.6 Å². The number of fused-ring (bicyclic) bond motifs is 1. The summed E-state index contributed by atoms with van der Waals surface area (Å²) in [5.41, 5.74) is 0.809. The third-order valence-electron chi connectivity index (χ3n) is 8.79. The molecule has 44 heavy (non-hydrogen) atoms. The molecule has 4 atom stereocenters. The van der Waals surface area contributed by atoms with Gasteiger partial charge in [0, 0.05) is 26.1 Å². The summed E-state index contributed by atoms with van der Waals surface area (Å²) in [4.78, 5) is 43.1. The van der Waals surface area contributed by atoms with Gasteiger partial charge in [-0.1, -0.05) is 93.6 Å². The van der Waals surface area contributed by atoms with Crippen molar-refractivity contribution in [1.29, 1.82) is 0 Å². The lowest BCUT2D eigenvalue weighted by Gasteiger charge is -2.33. The Balaban J connectivity index is 1.52. The second kappa shape index (κ2) is 11.9. The Morgan fingerprint density at radius 2 is 1.48 bits per heavy atom. The minimum absolute atomic E-state index is 0.0507. The fourth-order valence-corrected chi connectivity index (χ4v) is 7.66. The van der Waals surface area contributed by atoms with Gasteiger partial charge in [0.25, 0.3) is 0 Å². The first-order valence-electron chi connectivity index (χ1n) is 14.7. The van der Waals surface area contributed by atoms with E-state index < -0.39 is 51.2 Å². The van der Waals surface area contributed by atoms with Crippen LogP contribution in [0.2, 0.25) is 0 Å². The number of methoxy groups -OCH3 is 1. The largest absolute Gasteiger partial charge is 0.468 e. The van der Waals surface area contributed by atoms with Crippen LogP contribution in [0.3, 0.4) is 0 Å². The molecule has 0 unspecified atom stereocenters. The van der Waals surface area contributed by atoms with Crippen molar-refractivity contribution < 1.29 is 27.5 Å². The zero-order chi connectivity index (χ0) is 31.9. The first kappa shape index (κ1) is 31.6. The average Bonchev–Trinajstić information content (AvgIpc) is 3.46. The number of benzene rings is 3. The van der Waals surface area contributed by atoms with Crippen LogP contribution in [-0.4, -0.2) is 67.7 Å². The maximum atomic E-state index is 14.1. The Morgan fingerprint density at radius 3 is 2.02 bits per heavy atom. The molecule has 0 aromatic heterocycles. The van der Waals surface area contributed by atoms with E-state index in [1.165, 1.54) is 23.4 Å². The van der Waals surface area contributed by atoms with Gasteiger partial charge in [0.15, 0.2) is 0 Å². The number of likely N-dealkylation sites (N-methyl/N-ethyl adjacent to an activating group) is 1. The standard InChI is InChI=1S/C34H39N3O6S/c1-33(2,3)25-16-18-26(19-17-25)44(41,42)36(4)22-27-28-29(31(39)37(30(28)38)21-24-14-10-7-11-15-24)34(35-27,32(40)43-5)20-23-12-8-6-9-13-23/h6-19,27-29,35H,20-22H2,1-5H3/t27-,28+,29-,34-/m1/s1. The van der Waals surface area contributed by atoms with E-state index in [1.54, 1.807) is 24.3 Å². The van der Waals surface area contributed by atoms with Crippen molar-refractivity contribution in [2.75, 3.05) is 20.7 Å². The molecule has 3 aromatic carbocycles. The summed E-state index contributed by atoms with van der Waals surface area (Å²) < 4.78 is 33.9. The number of carbonyl (C=O) groups excluding carboxylic acids is 3.